The quantitative estimate of drug-likeness (QED) is 0.603. The Balaban J connectivity index is 1.55. The van der Waals surface area contributed by atoms with Crippen molar-refractivity contribution in [1.29, 1.82) is 0 Å². The summed E-state index contributed by atoms with van der Waals surface area (Å²) >= 11 is 0. The SMILES string of the molecule is COCCN(Cc1nc2ccccc2c(=O)[nH]1)C(=O)CC1OC(=O)c2ccccc21. The van der Waals surface area contributed by atoms with Crippen molar-refractivity contribution in [2.75, 3.05) is 20.3 Å². The number of amides is 1. The summed E-state index contributed by atoms with van der Waals surface area (Å²) in [5.74, 6) is -0.267. The zero-order valence-electron chi connectivity index (χ0n) is 16.5. The highest BCUT2D eigenvalue weighted by Crippen LogP contribution is 2.33. The topological polar surface area (TPSA) is 102 Å². The molecule has 0 radical (unpaired) electrons. The molecule has 0 fully saturated rings. The Bertz CT molecular complexity index is 1160. The van der Waals surface area contributed by atoms with E-state index in [0.717, 1.165) is 0 Å². The number of esters is 1. The molecule has 3 aromatic rings. The smallest absolute Gasteiger partial charge is 0.339 e. The second-order valence-electron chi connectivity index (χ2n) is 7.02. The number of para-hydroxylation sites is 1. The van der Waals surface area contributed by atoms with Crippen LogP contribution in [0.5, 0.6) is 0 Å². The zero-order valence-corrected chi connectivity index (χ0v) is 16.5. The van der Waals surface area contributed by atoms with E-state index in [-0.39, 0.29) is 24.4 Å². The zero-order chi connectivity index (χ0) is 21.1. The van der Waals surface area contributed by atoms with Crippen LogP contribution >= 0.6 is 0 Å². The van der Waals surface area contributed by atoms with E-state index in [9.17, 15) is 14.4 Å². The molecule has 0 saturated carbocycles. The third-order valence-corrected chi connectivity index (χ3v) is 5.06. The van der Waals surface area contributed by atoms with E-state index in [4.69, 9.17) is 9.47 Å². The molecule has 4 rings (SSSR count). The Kier molecular flexibility index (Phi) is 5.58. The molecule has 30 heavy (non-hydrogen) atoms. The van der Waals surface area contributed by atoms with Crippen LogP contribution in [0.25, 0.3) is 10.9 Å². The average molecular weight is 407 g/mol. The second kappa shape index (κ2) is 8.46. The van der Waals surface area contributed by atoms with Crippen LogP contribution in [0.2, 0.25) is 0 Å². The minimum atomic E-state index is -0.630. The third-order valence-electron chi connectivity index (χ3n) is 5.06. The van der Waals surface area contributed by atoms with Crippen molar-refractivity contribution in [3.63, 3.8) is 0 Å². The van der Waals surface area contributed by atoms with E-state index in [1.165, 1.54) is 0 Å². The van der Waals surface area contributed by atoms with Crippen molar-refractivity contribution in [1.82, 2.24) is 14.9 Å². The van der Waals surface area contributed by atoms with E-state index < -0.39 is 12.1 Å². The fourth-order valence-corrected chi connectivity index (χ4v) is 3.54. The first-order valence-corrected chi connectivity index (χ1v) is 9.61. The van der Waals surface area contributed by atoms with Crippen molar-refractivity contribution in [3.05, 3.63) is 75.8 Å². The van der Waals surface area contributed by atoms with Gasteiger partial charge in [0.05, 0.1) is 36.0 Å². The molecule has 1 atom stereocenters. The molecule has 8 heteroatoms. The Morgan fingerprint density at radius 1 is 1.17 bits per heavy atom. The van der Waals surface area contributed by atoms with Crippen LogP contribution in [0.15, 0.2) is 53.3 Å². The molecular weight excluding hydrogens is 386 g/mol. The molecule has 1 aliphatic heterocycles. The first-order valence-electron chi connectivity index (χ1n) is 9.61. The third kappa shape index (κ3) is 3.95. The van der Waals surface area contributed by atoms with Crippen LogP contribution < -0.4 is 5.56 Å². The molecule has 1 aliphatic rings. The van der Waals surface area contributed by atoms with Crippen molar-refractivity contribution in [2.45, 2.75) is 19.1 Å². The summed E-state index contributed by atoms with van der Waals surface area (Å²) in [6.45, 7) is 0.753. The summed E-state index contributed by atoms with van der Waals surface area (Å²) in [7, 11) is 1.55. The number of cyclic esters (lactones) is 1. The molecular formula is C22H21N3O5. The lowest BCUT2D eigenvalue weighted by Gasteiger charge is -2.23. The van der Waals surface area contributed by atoms with Crippen molar-refractivity contribution in [3.8, 4) is 0 Å². The van der Waals surface area contributed by atoms with E-state index in [2.05, 4.69) is 9.97 Å². The van der Waals surface area contributed by atoms with Crippen LogP contribution in [0.1, 0.15) is 34.3 Å². The maximum absolute atomic E-state index is 13.0. The van der Waals surface area contributed by atoms with Gasteiger partial charge in [-0.15, -0.1) is 0 Å². The number of benzene rings is 2. The Hall–Kier alpha value is -3.52. The fourth-order valence-electron chi connectivity index (χ4n) is 3.54. The van der Waals surface area contributed by atoms with Crippen LogP contribution in [0.3, 0.4) is 0 Å². The number of carbonyl (C=O) groups is 2. The number of rotatable bonds is 7. The van der Waals surface area contributed by atoms with Gasteiger partial charge in [0, 0.05) is 19.2 Å². The monoisotopic (exact) mass is 407 g/mol. The lowest BCUT2D eigenvalue weighted by Crippen LogP contribution is -2.35. The van der Waals surface area contributed by atoms with E-state index >= 15 is 0 Å². The average Bonchev–Trinajstić information content (AvgIpc) is 3.06. The molecule has 1 unspecified atom stereocenters. The van der Waals surface area contributed by atoms with E-state index in [1.54, 1.807) is 54.5 Å². The van der Waals surface area contributed by atoms with Gasteiger partial charge in [0.25, 0.3) is 5.56 Å². The second-order valence-corrected chi connectivity index (χ2v) is 7.02. The van der Waals surface area contributed by atoms with Gasteiger partial charge in [-0.25, -0.2) is 9.78 Å². The molecule has 1 aromatic heterocycles. The highest BCUT2D eigenvalue weighted by molar-refractivity contribution is 5.94. The lowest BCUT2D eigenvalue weighted by atomic mass is 10.0. The van der Waals surface area contributed by atoms with Gasteiger partial charge in [-0.2, -0.15) is 0 Å². The molecule has 0 saturated heterocycles. The molecule has 0 aliphatic carbocycles. The standard InChI is InChI=1S/C22H21N3O5/c1-29-11-10-25(13-19-23-17-9-5-4-8-16(17)21(27)24-19)20(26)12-18-14-6-2-3-7-15(14)22(28)30-18/h2-9,18H,10-13H2,1H3,(H,23,24,27). The molecule has 8 nitrogen and oxygen atoms in total. The first-order chi connectivity index (χ1) is 14.6. The van der Waals surface area contributed by atoms with Gasteiger partial charge < -0.3 is 19.4 Å². The predicted octanol–water partition coefficient (Wildman–Crippen LogP) is 2.20. The largest absolute Gasteiger partial charge is 0.453 e. The van der Waals surface area contributed by atoms with Gasteiger partial charge in [0.15, 0.2) is 0 Å². The minimum Gasteiger partial charge on any atom is -0.453 e. The number of H-pyrrole nitrogens is 1. The van der Waals surface area contributed by atoms with E-state index in [1.807, 2.05) is 6.07 Å². The number of ether oxygens (including phenoxy) is 2. The van der Waals surface area contributed by atoms with Crippen molar-refractivity contribution < 1.29 is 19.1 Å². The van der Waals surface area contributed by atoms with Crippen LogP contribution in [0, 0.1) is 0 Å². The maximum atomic E-state index is 13.0. The van der Waals surface area contributed by atoms with Crippen LogP contribution in [0.4, 0.5) is 0 Å². The van der Waals surface area contributed by atoms with Crippen molar-refractivity contribution in [2.24, 2.45) is 0 Å². The van der Waals surface area contributed by atoms with Crippen molar-refractivity contribution >= 4 is 22.8 Å². The number of aromatic amines is 1. The molecule has 1 amide bonds. The molecule has 0 bridgehead atoms. The first kappa shape index (κ1) is 19.8. The van der Waals surface area contributed by atoms with Crippen LogP contribution in [-0.2, 0) is 20.8 Å². The summed E-state index contributed by atoms with van der Waals surface area (Å²) < 4.78 is 10.5. The highest BCUT2D eigenvalue weighted by Gasteiger charge is 2.33. The van der Waals surface area contributed by atoms with E-state index in [0.29, 0.717) is 41.0 Å². The number of methoxy groups -OCH3 is 1. The molecule has 1 N–H and O–H groups in total. The van der Waals surface area contributed by atoms with Gasteiger partial charge in [-0.3, -0.25) is 9.59 Å². The van der Waals surface area contributed by atoms with Gasteiger partial charge in [-0.1, -0.05) is 30.3 Å². The number of carbonyl (C=O) groups excluding carboxylic acids is 2. The summed E-state index contributed by atoms with van der Waals surface area (Å²) in [5.41, 5.74) is 1.50. The summed E-state index contributed by atoms with van der Waals surface area (Å²) in [6, 6.07) is 14.1. The summed E-state index contributed by atoms with van der Waals surface area (Å²) in [6.07, 6.45) is -0.626. The summed E-state index contributed by atoms with van der Waals surface area (Å²) in [5, 5.41) is 0.491. The molecule has 2 heterocycles. The number of hydrogen-bond acceptors (Lipinski definition) is 6. The Morgan fingerprint density at radius 3 is 2.77 bits per heavy atom. The van der Waals surface area contributed by atoms with Gasteiger partial charge in [-0.05, 0) is 18.2 Å². The molecule has 2 aromatic carbocycles. The van der Waals surface area contributed by atoms with Crippen LogP contribution in [-0.4, -0.2) is 47.0 Å². The predicted molar refractivity (Wildman–Crippen MR) is 109 cm³/mol. The number of nitrogens with one attached hydrogen (secondary N) is 1. The maximum Gasteiger partial charge on any atom is 0.339 e. The Labute approximate surface area is 172 Å². The fraction of sp³-hybridized carbons (Fsp3) is 0.273. The number of aromatic nitrogens is 2. The number of nitrogens with zero attached hydrogens (tertiary/aromatic N) is 2. The normalized spacial score (nSPS) is 15.1. The van der Waals surface area contributed by atoms with Gasteiger partial charge in [0.1, 0.15) is 11.9 Å². The van der Waals surface area contributed by atoms with Gasteiger partial charge >= 0.3 is 5.97 Å². The summed E-state index contributed by atoms with van der Waals surface area (Å²) in [4.78, 5) is 46.2. The highest BCUT2D eigenvalue weighted by atomic mass is 16.5. The molecule has 0 spiro atoms. The minimum absolute atomic E-state index is 0.00425. The molecule has 154 valence electrons. The Morgan fingerprint density at radius 2 is 1.93 bits per heavy atom. The number of fused-ring (bicyclic) bond motifs is 2. The lowest BCUT2D eigenvalue weighted by molar-refractivity contribution is -0.134. The number of hydrogen-bond donors (Lipinski definition) is 1. The van der Waals surface area contributed by atoms with Gasteiger partial charge in [0.2, 0.25) is 5.91 Å².